The standard InChI is InChI=1S/C24H20ClN5O2S/c1-3-33(31,32)19-13-11-16(12-14-19)17-7-6-8-18(15-17)29(2)22-20-9-4-5-10-21(20)30-23(25)27-28-24(30)26-22/h4-15H,3H2,1-2H3. The lowest BCUT2D eigenvalue weighted by molar-refractivity contribution is 0.597. The van der Waals surface area contributed by atoms with Gasteiger partial charge >= 0.3 is 0 Å². The van der Waals surface area contributed by atoms with Gasteiger partial charge in [0.05, 0.1) is 16.2 Å². The minimum absolute atomic E-state index is 0.0786. The molecule has 5 aromatic rings. The summed E-state index contributed by atoms with van der Waals surface area (Å²) in [4.78, 5) is 7.04. The summed E-state index contributed by atoms with van der Waals surface area (Å²) < 4.78 is 26.0. The summed E-state index contributed by atoms with van der Waals surface area (Å²) in [7, 11) is -1.29. The highest BCUT2D eigenvalue weighted by Crippen LogP contribution is 2.33. The van der Waals surface area contributed by atoms with Crippen molar-refractivity contribution < 1.29 is 8.42 Å². The summed E-state index contributed by atoms with van der Waals surface area (Å²) in [5.41, 5.74) is 3.68. The second-order valence-corrected chi connectivity index (χ2v) is 10.2. The molecule has 0 aliphatic carbocycles. The number of fused-ring (bicyclic) bond motifs is 3. The van der Waals surface area contributed by atoms with Gasteiger partial charge in [-0.15, -0.1) is 10.2 Å². The van der Waals surface area contributed by atoms with E-state index >= 15 is 0 Å². The summed E-state index contributed by atoms with van der Waals surface area (Å²) in [5.74, 6) is 1.22. The molecule has 0 amide bonds. The first kappa shape index (κ1) is 21.4. The van der Waals surface area contributed by atoms with Crippen molar-refractivity contribution in [1.29, 1.82) is 0 Å². The van der Waals surface area contributed by atoms with Gasteiger partial charge in [-0.1, -0.05) is 43.3 Å². The molecule has 0 saturated carbocycles. The van der Waals surface area contributed by atoms with Gasteiger partial charge in [0.2, 0.25) is 5.28 Å². The Balaban J connectivity index is 1.57. The van der Waals surface area contributed by atoms with Crippen LogP contribution in [0, 0.1) is 0 Å². The number of hydrogen-bond donors (Lipinski definition) is 0. The molecule has 2 aromatic heterocycles. The molecule has 5 rings (SSSR count). The molecule has 9 heteroatoms. The summed E-state index contributed by atoms with van der Waals surface area (Å²) in [6.45, 7) is 1.64. The monoisotopic (exact) mass is 477 g/mol. The Morgan fingerprint density at radius 2 is 1.70 bits per heavy atom. The number of nitrogens with zero attached hydrogens (tertiary/aromatic N) is 5. The van der Waals surface area contributed by atoms with E-state index in [0.29, 0.717) is 10.7 Å². The number of aromatic nitrogens is 4. The first-order valence-electron chi connectivity index (χ1n) is 10.4. The Labute approximate surface area is 196 Å². The van der Waals surface area contributed by atoms with Crippen LogP contribution in [0.5, 0.6) is 0 Å². The number of anilines is 2. The molecule has 7 nitrogen and oxygen atoms in total. The third kappa shape index (κ3) is 3.71. The van der Waals surface area contributed by atoms with Gasteiger partial charge in [0.1, 0.15) is 5.82 Å². The molecule has 0 unspecified atom stereocenters. The lowest BCUT2D eigenvalue weighted by Crippen LogP contribution is -2.13. The van der Waals surface area contributed by atoms with Crippen LogP contribution < -0.4 is 4.90 Å². The number of halogens is 1. The summed E-state index contributed by atoms with van der Waals surface area (Å²) in [5, 5.41) is 9.23. The van der Waals surface area contributed by atoms with Gasteiger partial charge in [-0.05, 0) is 59.1 Å². The molecular formula is C24H20ClN5O2S. The first-order chi connectivity index (χ1) is 15.9. The Bertz CT molecular complexity index is 1600. The summed E-state index contributed by atoms with van der Waals surface area (Å²) >= 11 is 6.24. The van der Waals surface area contributed by atoms with Crippen molar-refractivity contribution in [3.63, 3.8) is 0 Å². The number of para-hydroxylation sites is 1. The van der Waals surface area contributed by atoms with Crippen molar-refractivity contribution in [2.75, 3.05) is 17.7 Å². The van der Waals surface area contributed by atoms with Crippen LogP contribution in [0.25, 0.3) is 27.8 Å². The van der Waals surface area contributed by atoms with E-state index in [9.17, 15) is 8.42 Å². The SMILES string of the molecule is CCS(=O)(=O)c1ccc(-c2cccc(N(C)c3nc4nnc(Cl)n4c4ccccc34)c2)cc1. The third-order valence-electron chi connectivity index (χ3n) is 5.68. The Morgan fingerprint density at radius 1 is 0.939 bits per heavy atom. The molecule has 0 aliphatic rings. The fourth-order valence-electron chi connectivity index (χ4n) is 3.84. The van der Waals surface area contributed by atoms with E-state index in [1.807, 2.05) is 72.6 Å². The zero-order chi connectivity index (χ0) is 23.2. The van der Waals surface area contributed by atoms with Gasteiger partial charge in [0.25, 0.3) is 5.78 Å². The molecule has 33 heavy (non-hydrogen) atoms. The molecule has 3 aromatic carbocycles. The van der Waals surface area contributed by atoms with Crippen LogP contribution in [0.4, 0.5) is 11.5 Å². The topological polar surface area (TPSA) is 80.5 Å². The molecule has 166 valence electrons. The predicted molar refractivity (Wildman–Crippen MR) is 131 cm³/mol. The lowest BCUT2D eigenvalue weighted by atomic mass is 10.0. The van der Waals surface area contributed by atoms with Crippen LogP contribution in [0.2, 0.25) is 5.28 Å². The number of hydrogen-bond acceptors (Lipinski definition) is 6. The predicted octanol–water partition coefficient (Wildman–Crippen LogP) is 5.16. The van der Waals surface area contributed by atoms with Gasteiger partial charge in [-0.2, -0.15) is 4.98 Å². The fourth-order valence-corrected chi connectivity index (χ4v) is 4.93. The highest BCUT2D eigenvalue weighted by Gasteiger charge is 2.17. The number of sulfone groups is 1. The van der Waals surface area contributed by atoms with E-state index in [1.54, 1.807) is 23.5 Å². The van der Waals surface area contributed by atoms with Crippen molar-refractivity contribution in [3.05, 3.63) is 78.1 Å². The molecule has 2 heterocycles. The molecular weight excluding hydrogens is 458 g/mol. The van der Waals surface area contributed by atoms with Crippen molar-refractivity contribution in [2.24, 2.45) is 0 Å². The van der Waals surface area contributed by atoms with Crippen LogP contribution in [-0.2, 0) is 9.84 Å². The maximum Gasteiger partial charge on any atom is 0.258 e. The highest BCUT2D eigenvalue weighted by atomic mass is 35.5. The van der Waals surface area contributed by atoms with E-state index in [1.165, 1.54) is 0 Å². The molecule has 0 N–H and O–H groups in total. The Hall–Kier alpha value is -3.49. The lowest BCUT2D eigenvalue weighted by Gasteiger charge is -2.21. The molecule has 0 atom stereocenters. The quantitative estimate of drug-likeness (QED) is 0.348. The van der Waals surface area contributed by atoms with Gasteiger partial charge in [0.15, 0.2) is 9.84 Å². The van der Waals surface area contributed by atoms with E-state index in [0.717, 1.165) is 33.5 Å². The average molecular weight is 478 g/mol. The molecule has 0 fully saturated rings. The van der Waals surface area contributed by atoms with Crippen molar-refractivity contribution in [1.82, 2.24) is 19.6 Å². The third-order valence-corrected chi connectivity index (χ3v) is 7.67. The number of rotatable bonds is 5. The fraction of sp³-hybridized carbons (Fsp3) is 0.125. The number of benzene rings is 3. The van der Waals surface area contributed by atoms with Crippen LogP contribution in [0.15, 0.2) is 77.7 Å². The zero-order valence-electron chi connectivity index (χ0n) is 18.0. The van der Waals surface area contributed by atoms with Crippen LogP contribution in [0.1, 0.15) is 6.92 Å². The van der Waals surface area contributed by atoms with E-state index in [4.69, 9.17) is 16.6 Å². The maximum absolute atomic E-state index is 12.1. The van der Waals surface area contributed by atoms with Crippen LogP contribution >= 0.6 is 11.6 Å². The Morgan fingerprint density at radius 3 is 2.45 bits per heavy atom. The Kier molecular flexibility index (Phi) is 5.26. The molecule has 0 radical (unpaired) electrons. The normalized spacial score (nSPS) is 11.8. The zero-order valence-corrected chi connectivity index (χ0v) is 19.5. The van der Waals surface area contributed by atoms with Crippen LogP contribution in [-0.4, -0.2) is 40.8 Å². The largest absolute Gasteiger partial charge is 0.329 e. The first-order valence-corrected chi connectivity index (χ1v) is 12.4. The average Bonchev–Trinajstić information content (AvgIpc) is 3.24. The van der Waals surface area contributed by atoms with Gasteiger partial charge in [0, 0.05) is 18.1 Å². The van der Waals surface area contributed by atoms with Gasteiger partial charge in [-0.3, -0.25) is 0 Å². The highest BCUT2D eigenvalue weighted by molar-refractivity contribution is 7.91. The minimum Gasteiger partial charge on any atom is -0.329 e. The van der Waals surface area contributed by atoms with E-state index in [2.05, 4.69) is 10.2 Å². The van der Waals surface area contributed by atoms with E-state index in [-0.39, 0.29) is 11.0 Å². The molecule has 0 aliphatic heterocycles. The summed E-state index contributed by atoms with van der Waals surface area (Å²) in [6.07, 6.45) is 0. The second-order valence-electron chi connectivity index (χ2n) is 7.59. The van der Waals surface area contributed by atoms with Crippen molar-refractivity contribution in [2.45, 2.75) is 11.8 Å². The maximum atomic E-state index is 12.1. The molecule has 0 spiro atoms. The smallest absolute Gasteiger partial charge is 0.258 e. The van der Waals surface area contributed by atoms with Gasteiger partial charge < -0.3 is 4.90 Å². The van der Waals surface area contributed by atoms with Crippen molar-refractivity contribution in [3.8, 4) is 11.1 Å². The van der Waals surface area contributed by atoms with Crippen molar-refractivity contribution >= 4 is 49.6 Å². The van der Waals surface area contributed by atoms with E-state index < -0.39 is 9.84 Å². The van der Waals surface area contributed by atoms with Gasteiger partial charge in [-0.25, -0.2) is 12.8 Å². The molecule has 0 bridgehead atoms. The second kappa shape index (κ2) is 8.13. The van der Waals surface area contributed by atoms with Crippen LogP contribution in [0.3, 0.4) is 0 Å². The minimum atomic E-state index is -3.23. The summed E-state index contributed by atoms with van der Waals surface area (Å²) in [6, 6.07) is 22.8. The molecule has 0 saturated heterocycles.